The van der Waals surface area contributed by atoms with E-state index in [2.05, 4.69) is 15.5 Å². The molecular weight excluding hydrogens is 278 g/mol. The van der Waals surface area contributed by atoms with Crippen LogP contribution >= 0.6 is 11.6 Å². The molecule has 5 nitrogen and oxygen atoms in total. The van der Waals surface area contributed by atoms with Gasteiger partial charge < -0.3 is 14.5 Å². The Morgan fingerprint density at radius 3 is 3.05 bits per heavy atom. The van der Waals surface area contributed by atoms with E-state index in [9.17, 15) is 0 Å². The molecule has 1 fully saturated rings. The lowest BCUT2D eigenvalue weighted by Gasteiger charge is -2.06. The average Bonchev–Trinajstić information content (AvgIpc) is 3.08. The summed E-state index contributed by atoms with van der Waals surface area (Å²) in [6.07, 6.45) is 1.94. The number of halogens is 1. The Kier molecular flexibility index (Phi) is 3.89. The van der Waals surface area contributed by atoms with Crippen LogP contribution in [0.15, 0.2) is 22.6 Å². The molecule has 2 aromatic rings. The molecule has 0 radical (unpaired) electrons. The summed E-state index contributed by atoms with van der Waals surface area (Å²) in [4.78, 5) is 0. The summed E-state index contributed by atoms with van der Waals surface area (Å²) >= 11 is 5.93. The molecule has 1 aliphatic heterocycles. The van der Waals surface area contributed by atoms with Crippen molar-refractivity contribution in [2.75, 3.05) is 11.9 Å². The standard InChI is InChI=1S/C14H16ClN3O2/c1-9-7-11(15)5-4-10(9)8-16-14-18-17-13(20-14)12-3-2-6-19-12/h4-5,7,12H,2-3,6,8H2,1H3,(H,16,18)/t12-/m0/s1. The Balaban J connectivity index is 1.63. The van der Waals surface area contributed by atoms with Crippen LogP contribution in [-0.4, -0.2) is 16.8 Å². The third-order valence-electron chi connectivity index (χ3n) is 3.38. The van der Waals surface area contributed by atoms with E-state index in [0.29, 0.717) is 18.5 Å². The van der Waals surface area contributed by atoms with Crippen LogP contribution in [-0.2, 0) is 11.3 Å². The second-order valence-electron chi connectivity index (χ2n) is 4.87. The zero-order chi connectivity index (χ0) is 13.9. The van der Waals surface area contributed by atoms with E-state index in [1.54, 1.807) is 0 Å². The van der Waals surface area contributed by atoms with E-state index in [4.69, 9.17) is 20.8 Å². The summed E-state index contributed by atoms with van der Waals surface area (Å²) < 4.78 is 11.1. The number of nitrogens with zero attached hydrogens (tertiary/aromatic N) is 2. The zero-order valence-electron chi connectivity index (χ0n) is 11.2. The van der Waals surface area contributed by atoms with Gasteiger partial charge in [-0.3, -0.25) is 0 Å². The molecule has 6 heteroatoms. The Hall–Kier alpha value is -1.59. The van der Waals surface area contributed by atoms with E-state index in [1.165, 1.54) is 0 Å². The molecule has 1 aliphatic rings. The van der Waals surface area contributed by atoms with Crippen molar-refractivity contribution in [1.29, 1.82) is 0 Å². The van der Waals surface area contributed by atoms with Crippen molar-refractivity contribution in [1.82, 2.24) is 10.2 Å². The van der Waals surface area contributed by atoms with Gasteiger partial charge in [0.2, 0.25) is 5.89 Å². The molecule has 1 aromatic carbocycles. The number of rotatable bonds is 4. The summed E-state index contributed by atoms with van der Waals surface area (Å²) in [7, 11) is 0. The number of nitrogens with one attached hydrogen (secondary N) is 1. The van der Waals surface area contributed by atoms with Gasteiger partial charge in [0.25, 0.3) is 0 Å². The molecular formula is C14H16ClN3O2. The fourth-order valence-electron chi connectivity index (χ4n) is 2.24. The summed E-state index contributed by atoms with van der Waals surface area (Å²) in [5, 5.41) is 11.9. The predicted molar refractivity (Wildman–Crippen MR) is 75.7 cm³/mol. The highest BCUT2D eigenvalue weighted by Gasteiger charge is 2.23. The van der Waals surface area contributed by atoms with E-state index >= 15 is 0 Å². The van der Waals surface area contributed by atoms with E-state index in [-0.39, 0.29) is 6.10 Å². The Morgan fingerprint density at radius 1 is 1.40 bits per heavy atom. The quantitative estimate of drug-likeness (QED) is 0.935. The monoisotopic (exact) mass is 293 g/mol. The maximum absolute atomic E-state index is 5.93. The van der Waals surface area contributed by atoms with Crippen LogP contribution in [0, 0.1) is 6.92 Å². The minimum Gasteiger partial charge on any atom is -0.405 e. The molecule has 2 heterocycles. The van der Waals surface area contributed by atoms with Crippen LogP contribution in [0.25, 0.3) is 0 Å². The van der Waals surface area contributed by atoms with Gasteiger partial charge in [-0.05, 0) is 43.0 Å². The highest BCUT2D eigenvalue weighted by Crippen LogP contribution is 2.28. The SMILES string of the molecule is Cc1cc(Cl)ccc1CNc1nnc([C@@H]2CCCO2)o1. The minimum absolute atomic E-state index is 0.0460. The lowest BCUT2D eigenvalue weighted by molar-refractivity contribution is 0.0897. The molecule has 0 unspecified atom stereocenters. The van der Waals surface area contributed by atoms with Gasteiger partial charge >= 0.3 is 6.01 Å². The first-order valence-corrected chi connectivity index (χ1v) is 7.04. The van der Waals surface area contributed by atoms with Crippen molar-refractivity contribution >= 4 is 17.6 Å². The van der Waals surface area contributed by atoms with Gasteiger partial charge in [-0.2, -0.15) is 0 Å². The lowest BCUT2D eigenvalue weighted by atomic mass is 10.1. The maximum Gasteiger partial charge on any atom is 0.315 e. The van der Waals surface area contributed by atoms with E-state index < -0.39 is 0 Å². The smallest absolute Gasteiger partial charge is 0.315 e. The largest absolute Gasteiger partial charge is 0.405 e. The van der Waals surface area contributed by atoms with Crippen molar-refractivity contribution in [3.05, 3.63) is 40.2 Å². The average molecular weight is 294 g/mol. The molecule has 0 bridgehead atoms. The van der Waals surface area contributed by atoms with Crippen LogP contribution < -0.4 is 5.32 Å². The van der Waals surface area contributed by atoms with E-state index in [0.717, 1.165) is 35.6 Å². The van der Waals surface area contributed by atoms with Crippen molar-refractivity contribution < 1.29 is 9.15 Å². The van der Waals surface area contributed by atoms with Crippen LogP contribution in [0.2, 0.25) is 5.02 Å². The highest BCUT2D eigenvalue weighted by atomic mass is 35.5. The van der Waals surface area contributed by atoms with Crippen LogP contribution in [0.3, 0.4) is 0 Å². The van der Waals surface area contributed by atoms with Crippen molar-refractivity contribution in [3.8, 4) is 0 Å². The van der Waals surface area contributed by atoms with Gasteiger partial charge in [0, 0.05) is 18.2 Å². The molecule has 0 amide bonds. The first-order valence-electron chi connectivity index (χ1n) is 6.66. The second kappa shape index (κ2) is 5.81. The van der Waals surface area contributed by atoms with Crippen molar-refractivity contribution in [2.24, 2.45) is 0 Å². The number of aromatic nitrogens is 2. The Labute approximate surface area is 122 Å². The first kappa shape index (κ1) is 13.4. The van der Waals surface area contributed by atoms with Gasteiger partial charge in [-0.15, -0.1) is 5.10 Å². The second-order valence-corrected chi connectivity index (χ2v) is 5.31. The highest BCUT2D eigenvalue weighted by molar-refractivity contribution is 6.30. The predicted octanol–water partition coefficient (Wildman–Crippen LogP) is 3.50. The Bertz CT molecular complexity index is 594. The molecule has 1 atom stereocenters. The first-order chi connectivity index (χ1) is 9.72. The number of hydrogen-bond acceptors (Lipinski definition) is 5. The summed E-state index contributed by atoms with van der Waals surface area (Å²) in [5.74, 6) is 0.554. The molecule has 20 heavy (non-hydrogen) atoms. The number of aryl methyl sites for hydroxylation is 1. The maximum atomic E-state index is 5.93. The molecule has 1 saturated heterocycles. The number of benzene rings is 1. The minimum atomic E-state index is -0.0460. The number of hydrogen-bond donors (Lipinski definition) is 1. The van der Waals surface area contributed by atoms with Gasteiger partial charge in [0.1, 0.15) is 6.10 Å². The zero-order valence-corrected chi connectivity index (χ0v) is 12.0. The topological polar surface area (TPSA) is 60.2 Å². The molecule has 0 aliphatic carbocycles. The van der Waals surface area contributed by atoms with Crippen LogP contribution in [0.5, 0.6) is 0 Å². The number of anilines is 1. The fraction of sp³-hybridized carbons (Fsp3) is 0.429. The van der Waals surface area contributed by atoms with Crippen molar-refractivity contribution in [2.45, 2.75) is 32.4 Å². The summed E-state index contributed by atoms with van der Waals surface area (Å²) in [6.45, 7) is 3.41. The molecule has 1 N–H and O–H groups in total. The lowest BCUT2D eigenvalue weighted by Crippen LogP contribution is -2.01. The molecule has 1 aromatic heterocycles. The van der Waals surface area contributed by atoms with Crippen molar-refractivity contribution in [3.63, 3.8) is 0 Å². The fourth-order valence-corrected chi connectivity index (χ4v) is 2.46. The van der Waals surface area contributed by atoms with Gasteiger partial charge in [0.05, 0.1) is 0 Å². The van der Waals surface area contributed by atoms with Gasteiger partial charge in [-0.1, -0.05) is 22.8 Å². The molecule has 0 spiro atoms. The van der Waals surface area contributed by atoms with Crippen LogP contribution in [0.1, 0.15) is 36.0 Å². The number of ether oxygens (including phenoxy) is 1. The molecule has 3 rings (SSSR count). The summed E-state index contributed by atoms with van der Waals surface area (Å²) in [5.41, 5.74) is 2.27. The van der Waals surface area contributed by atoms with Gasteiger partial charge in [0.15, 0.2) is 0 Å². The normalized spacial score (nSPS) is 18.4. The third-order valence-corrected chi connectivity index (χ3v) is 3.62. The van der Waals surface area contributed by atoms with Crippen LogP contribution in [0.4, 0.5) is 6.01 Å². The third kappa shape index (κ3) is 2.94. The van der Waals surface area contributed by atoms with E-state index in [1.807, 2.05) is 25.1 Å². The Morgan fingerprint density at radius 2 is 2.30 bits per heavy atom. The molecule has 106 valence electrons. The summed E-state index contributed by atoms with van der Waals surface area (Å²) in [6, 6.07) is 6.22. The molecule has 0 saturated carbocycles. The van der Waals surface area contributed by atoms with Gasteiger partial charge in [-0.25, -0.2) is 0 Å².